The first kappa shape index (κ1) is 21.6. The Morgan fingerprint density at radius 3 is 2.57 bits per heavy atom. The number of aromatic amines is 1. The van der Waals surface area contributed by atoms with Crippen LogP contribution < -0.4 is 16.6 Å². The molecule has 1 heterocycles. The van der Waals surface area contributed by atoms with Crippen molar-refractivity contribution in [3.8, 4) is 0 Å². The Morgan fingerprint density at radius 1 is 1.10 bits per heavy atom. The first-order chi connectivity index (χ1) is 14.3. The summed E-state index contributed by atoms with van der Waals surface area (Å²) in [6.45, 7) is -0.117. The van der Waals surface area contributed by atoms with Crippen LogP contribution in [0.2, 0.25) is 10.0 Å². The maximum Gasteiger partial charge on any atom is 0.328 e. The minimum Gasteiger partial charge on any atom is -0.336 e. The Labute approximate surface area is 181 Å². The van der Waals surface area contributed by atoms with Crippen molar-refractivity contribution in [1.82, 2.24) is 14.5 Å². The number of nitrogens with zero attached hydrogens (tertiary/aromatic N) is 2. The van der Waals surface area contributed by atoms with E-state index in [1.807, 2.05) is 0 Å². The van der Waals surface area contributed by atoms with E-state index in [1.54, 1.807) is 36.4 Å². The number of fused-ring (bicyclic) bond motifs is 1. The number of aromatic nitrogens is 2. The summed E-state index contributed by atoms with van der Waals surface area (Å²) in [7, 11) is 1.49. The molecule has 0 fully saturated rings. The number of benzene rings is 2. The van der Waals surface area contributed by atoms with Crippen LogP contribution in [0.3, 0.4) is 0 Å². The zero-order chi connectivity index (χ0) is 21.8. The summed E-state index contributed by atoms with van der Waals surface area (Å²) in [6, 6.07) is 11.3. The van der Waals surface area contributed by atoms with E-state index in [9.17, 15) is 19.2 Å². The molecule has 156 valence electrons. The number of carbonyl (C=O) groups excluding carboxylic acids is 2. The molecule has 0 aliphatic carbocycles. The molecule has 0 saturated heterocycles. The van der Waals surface area contributed by atoms with Gasteiger partial charge in [-0.05, 0) is 30.3 Å². The van der Waals surface area contributed by atoms with Crippen LogP contribution in [0.5, 0.6) is 0 Å². The molecule has 0 radical (unpaired) electrons. The Balaban J connectivity index is 1.63. The first-order valence-electron chi connectivity index (χ1n) is 8.97. The molecule has 2 amide bonds. The van der Waals surface area contributed by atoms with E-state index in [4.69, 9.17) is 23.2 Å². The van der Waals surface area contributed by atoms with Crippen LogP contribution in [-0.4, -0.2) is 39.9 Å². The maximum absolute atomic E-state index is 12.4. The van der Waals surface area contributed by atoms with Gasteiger partial charge < -0.3 is 10.2 Å². The second-order valence-corrected chi connectivity index (χ2v) is 7.42. The smallest absolute Gasteiger partial charge is 0.328 e. The van der Waals surface area contributed by atoms with E-state index < -0.39 is 17.2 Å². The normalized spacial score (nSPS) is 10.8. The number of likely N-dealkylation sites (N-methyl/N-ethyl adjacent to an activating group) is 1. The van der Waals surface area contributed by atoms with Crippen molar-refractivity contribution < 1.29 is 9.59 Å². The van der Waals surface area contributed by atoms with Gasteiger partial charge in [0.05, 0.1) is 27.5 Å². The molecule has 0 aliphatic rings. The van der Waals surface area contributed by atoms with Gasteiger partial charge >= 0.3 is 5.69 Å². The summed E-state index contributed by atoms with van der Waals surface area (Å²) >= 11 is 11.8. The molecule has 3 aromatic rings. The SMILES string of the molecule is CN(CC(=O)Nc1ccc(Cl)c(Cl)c1)C(=O)CCn1c(=O)[nH]c(=O)c2ccccc21. The van der Waals surface area contributed by atoms with Gasteiger partial charge in [0.1, 0.15) is 0 Å². The first-order valence-corrected chi connectivity index (χ1v) is 9.72. The van der Waals surface area contributed by atoms with Crippen LogP contribution in [0, 0.1) is 0 Å². The average Bonchev–Trinajstić information content (AvgIpc) is 2.70. The molecule has 2 aromatic carbocycles. The van der Waals surface area contributed by atoms with Gasteiger partial charge in [0.2, 0.25) is 11.8 Å². The van der Waals surface area contributed by atoms with Gasteiger partial charge in [0, 0.05) is 25.7 Å². The number of hydrogen-bond acceptors (Lipinski definition) is 4. The largest absolute Gasteiger partial charge is 0.336 e. The highest BCUT2D eigenvalue weighted by atomic mass is 35.5. The number of nitrogens with one attached hydrogen (secondary N) is 2. The lowest BCUT2D eigenvalue weighted by Gasteiger charge is -2.17. The van der Waals surface area contributed by atoms with Gasteiger partial charge in [-0.2, -0.15) is 0 Å². The second-order valence-electron chi connectivity index (χ2n) is 6.60. The third-order valence-corrected chi connectivity index (χ3v) is 5.20. The Kier molecular flexibility index (Phi) is 6.59. The minimum atomic E-state index is -0.591. The predicted octanol–water partition coefficient (Wildman–Crippen LogP) is 2.48. The Hall–Kier alpha value is -3.10. The number of aryl methyl sites for hydroxylation is 1. The van der Waals surface area contributed by atoms with Gasteiger partial charge in [-0.1, -0.05) is 35.3 Å². The Bertz CT molecular complexity index is 1240. The second kappa shape index (κ2) is 9.15. The van der Waals surface area contributed by atoms with Crippen molar-refractivity contribution >= 4 is 51.6 Å². The van der Waals surface area contributed by atoms with Crippen molar-refractivity contribution in [3.05, 3.63) is 73.3 Å². The van der Waals surface area contributed by atoms with Crippen LogP contribution >= 0.6 is 23.2 Å². The zero-order valence-corrected chi connectivity index (χ0v) is 17.5. The van der Waals surface area contributed by atoms with Crippen molar-refractivity contribution in [1.29, 1.82) is 0 Å². The highest BCUT2D eigenvalue weighted by Crippen LogP contribution is 2.24. The molecule has 0 unspecified atom stereocenters. The molecule has 0 atom stereocenters. The molecule has 0 bridgehead atoms. The van der Waals surface area contributed by atoms with Gasteiger partial charge in [-0.3, -0.25) is 23.9 Å². The highest BCUT2D eigenvalue weighted by molar-refractivity contribution is 6.42. The third kappa shape index (κ3) is 4.90. The lowest BCUT2D eigenvalue weighted by molar-refractivity contribution is -0.133. The zero-order valence-electron chi connectivity index (χ0n) is 15.9. The lowest BCUT2D eigenvalue weighted by Crippen LogP contribution is -2.36. The summed E-state index contributed by atoms with van der Waals surface area (Å²) in [5.41, 5.74) is -0.165. The molecule has 10 heteroatoms. The molecule has 1 aromatic heterocycles. The van der Waals surface area contributed by atoms with Crippen LogP contribution in [0.15, 0.2) is 52.1 Å². The van der Waals surface area contributed by atoms with Crippen molar-refractivity contribution in [2.24, 2.45) is 0 Å². The number of anilines is 1. The van der Waals surface area contributed by atoms with Crippen LogP contribution in [0.4, 0.5) is 5.69 Å². The summed E-state index contributed by atoms with van der Waals surface area (Å²) in [5, 5.41) is 3.67. The molecule has 2 N–H and O–H groups in total. The van der Waals surface area contributed by atoms with Crippen LogP contribution in [0.25, 0.3) is 10.9 Å². The third-order valence-electron chi connectivity index (χ3n) is 4.46. The number of H-pyrrole nitrogens is 1. The fourth-order valence-electron chi connectivity index (χ4n) is 2.94. The van der Waals surface area contributed by atoms with Gasteiger partial charge in [-0.25, -0.2) is 4.79 Å². The van der Waals surface area contributed by atoms with E-state index in [0.717, 1.165) is 0 Å². The number of para-hydroxylation sites is 1. The number of carbonyl (C=O) groups is 2. The summed E-state index contributed by atoms with van der Waals surface area (Å²) in [5.74, 6) is -0.739. The van der Waals surface area contributed by atoms with Gasteiger partial charge in [0.25, 0.3) is 5.56 Å². The van der Waals surface area contributed by atoms with Gasteiger partial charge in [0.15, 0.2) is 0 Å². The van der Waals surface area contributed by atoms with E-state index >= 15 is 0 Å². The summed E-state index contributed by atoms with van der Waals surface area (Å²) < 4.78 is 1.33. The highest BCUT2D eigenvalue weighted by Gasteiger charge is 2.15. The molecule has 0 spiro atoms. The average molecular weight is 449 g/mol. The lowest BCUT2D eigenvalue weighted by atomic mass is 10.2. The molecular formula is C20H18Cl2N4O4. The molecular weight excluding hydrogens is 431 g/mol. The molecule has 0 aliphatic heterocycles. The van der Waals surface area contributed by atoms with Crippen LogP contribution in [0.1, 0.15) is 6.42 Å². The van der Waals surface area contributed by atoms with Crippen molar-refractivity contribution in [3.63, 3.8) is 0 Å². The number of halogens is 2. The Morgan fingerprint density at radius 2 is 1.83 bits per heavy atom. The molecule has 30 heavy (non-hydrogen) atoms. The van der Waals surface area contributed by atoms with Gasteiger partial charge in [-0.15, -0.1) is 0 Å². The van der Waals surface area contributed by atoms with E-state index in [-0.39, 0.29) is 25.4 Å². The number of hydrogen-bond donors (Lipinski definition) is 2. The summed E-state index contributed by atoms with van der Waals surface area (Å²) in [4.78, 5) is 52.2. The summed E-state index contributed by atoms with van der Waals surface area (Å²) in [6.07, 6.45) is -0.0213. The van der Waals surface area contributed by atoms with E-state index in [1.165, 1.54) is 22.6 Å². The predicted molar refractivity (Wildman–Crippen MR) is 116 cm³/mol. The fourth-order valence-corrected chi connectivity index (χ4v) is 3.24. The number of rotatable bonds is 6. The van der Waals surface area contributed by atoms with E-state index in [2.05, 4.69) is 10.3 Å². The fraction of sp³-hybridized carbons (Fsp3) is 0.200. The molecule has 8 nitrogen and oxygen atoms in total. The minimum absolute atomic E-state index is 0.0213. The maximum atomic E-state index is 12.4. The topological polar surface area (TPSA) is 104 Å². The van der Waals surface area contributed by atoms with E-state index in [0.29, 0.717) is 26.6 Å². The van der Waals surface area contributed by atoms with Crippen molar-refractivity contribution in [2.75, 3.05) is 18.9 Å². The quantitative estimate of drug-likeness (QED) is 0.604. The molecule has 3 rings (SSSR count). The number of amides is 2. The van der Waals surface area contributed by atoms with Crippen molar-refractivity contribution in [2.45, 2.75) is 13.0 Å². The van der Waals surface area contributed by atoms with Crippen LogP contribution in [-0.2, 0) is 16.1 Å². The monoisotopic (exact) mass is 448 g/mol. The standard InChI is InChI=1S/C20H18Cl2N4O4/c1-25(11-17(27)23-12-6-7-14(21)15(22)10-12)18(28)8-9-26-16-5-3-2-4-13(16)19(29)24-20(26)30/h2-7,10H,8-9,11H2,1H3,(H,23,27)(H,24,29,30). The molecule has 0 saturated carbocycles.